The van der Waals surface area contributed by atoms with Crippen molar-refractivity contribution in [1.29, 1.82) is 0 Å². The van der Waals surface area contributed by atoms with Crippen LogP contribution in [0.2, 0.25) is 0 Å². The first-order valence-electron chi connectivity index (χ1n) is 9.47. The van der Waals surface area contributed by atoms with Gasteiger partial charge in [-0.05, 0) is 55.0 Å². The van der Waals surface area contributed by atoms with Gasteiger partial charge in [0.15, 0.2) is 12.4 Å². The molecule has 0 unspecified atom stereocenters. The van der Waals surface area contributed by atoms with Gasteiger partial charge in [-0.3, -0.25) is 14.4 Å². The molecule has 5 nitrogen and oxygen atoms in total. The molecule has 0 spiro atoms. The molecule has 1 atom stereocenters. The number of carbonyl (C=O) groups excluding carboxylic acids is 3. The third-order valence-electron chi connectivity index (χ3n) is 5.09. The number of Topliss-reactive ketones (excluding diaryl/α,β-unsaturated/α-hetero) is 1. The zero-order valence-corrected chi connectivity index (χ0v) is 16.2. The smallest absolute Gasteiger partial charge is 0.307 e. The largest absolute Gasteiger partial charge is 0.457 e. The molecule has 0 bridgehead atoms. The molecule has 0 saturated carbocycles. The van der Waals surface area contributed by atoms with E-state index in [9.17, 15) is 14.4 Å². The molecule has 0 aromatic heterocycles. The van der Waals surface area contributed by atoms with E-state index < -0.39 is 11.2 Å². The van der Waals surface area contributed by atoms with E-state index in [4.69, 9.17) is 4.74 Å². The van der Waals surface area contributed by atoms with Crippen LogP contribution < -0.4 is 5.32 Å². The standard InChI is InChI=1S/C22H21NO4S/c24-18(16-10-9-14-5-1-2-6-15(14)11-16)13-27-21(25)12-20-22(26)23-17-7-3-4-8-19(17)28-20/h3-4,7-11,20H,1-2,5-6,12-13H2,(H,23,26)/t20-/m1/s1. The van der Waals surface area contributed by atoms with Crippen molar-refractivity contribution in [2.24, 2.45) is 0 Å². The summed E-state index contributed by atoms with van der Waals surface area (Å²) >= 11 is 1.34. The Morgan fingerprint density at radius 2 is 1.86 bits per heavy atom. The lowest BCUT2D eigenvalue weighted by Gasteiger charge is -2.23. The van der Waals surface area contributed by atoms with Crippen molar-refractivity contribution in [2.75, 3.05) is 11.9 Å². The Morgan fingerprint density at radius 3 is 2.71 bits per heavy atom. The van der Waals surface area contributed by atoms with Crippen LogP contribution in [0.1, 0.15) is 40.7 Å². The van der Waals surface area contributed by atoms with Crippen molar-refractivity contribution in [2.45, 2.75) is 42.2 Å². The number of aryl methyl sites for hydroxylation is 2. The van der Waals surface area contributed by atoms with Crippen molar-refractivity contribution in [3.05, 3.63) is 59.2 Å². The van der Waals surface area contributed by atoms with E-state index in [1.807, 2.05) is 42.5 Å². The lowest BCUT2D eigenvalue weighted by molar-refractivity contribution is -0.143. The van der Waals surface area contributed by atoms with E-state index in [-0.39, 0.29) is 24.7 Å². The number of anilines is 1. The highest BCUT2D eigenvalue weighted by Gasteiger charge is 2.29. The Bertz CT molecular complexity index is 940. The number of hydrogen-bond donors (Lipinski definition) is 1. The maximum absolute atomic E-state index is 12.4. The van der Waals surface area contributed by atoms with Crippen molar-refractivity contribution in [1.82, 2.24) is 0 Å². The molecular formula is C22H21NO4S. The molecule has 2 aromatic rings. The number of hydrogen-bond acceptors (Lipinski definition) is 5. The summed E-state index contributed by atoms with van der Waals surface area (Å²) in [7, 11) is 0. The molecule has 4 rings (SSSR count). The average Bonchev–Trinajstić information content (AvgIpc) is 2.72. The Hall–Kier alpha value is -2.60. The van der Waals surface area contributed by atoms with Crippen LogP contribution in [0.15, 0.2) is 47.4 Å². The fourth-order valence-corrected chi connectivity index (χ4v) is 4.67. The Labute approximate surface area is 167 Å². The second-order valence-corrected chi connectivity index (χ2v) is 8.32. The molecule has 1 aliphatic heterocycles. The van der Waals surface area contributed by atoms with E-state index in [1.165, 1.54) is 29.3 Å². The highest BCUT2D eigenvalue weighted by molar-refractivity contribution is 8.01. The monoisotopic (exact) mass is 395 g/mol. The minimum atomic E-state index is -0.554. The number of fused-ring (bicyclic) bond motifs is 2. The quantitative estimate of drug-likeness (QED) is 0.616. The van der Waals surface area contributed by atoms with Gasteiger partial charge in [0, 0.05) is 10.5 Å². The zero-order valence-electron chi connectivity index (χ0n) is 15.4. The number of ketones is 1. The van der Waals surface area contributed by atoms with Gasteiger partial charge < -0.3 is 10.1 Å². The van der Waals surface area contributed by atoms with Crippen LogP contribution in [-0.4, -0.2) is 29.5 Å². The van der Waals surface area contributed by atoms with Crippen LogP contribution in [0.3, 0.4) is 0 Å². The van der Waals surface area contributed by atoms with Crippen molar-refractivity contribution >= 4 is 35.1 Å². The number of benzene rings is 2. The van der Waals surface area contributed by atoms with E-state index in [0.717, 1.165) is 29.8 Å². The van der Waals surface area contributed by atoms with E-state index >= 15 is 0 Å². The first-order valence-corrected chi connectivity index (χ1v) is 10.4. The molecule has 1 N–H and O–H groups in total. The van der Waals surface area contributed by atoms with E-state index in [0.29, 0.717) is 5.56 Å². The van der Waals surface area contributed by atoms with Gasteiger partial charge in [0.1, 0.15) is 0 Å². The summed E-state index contributed by atoms with van der Waals surface area (Å²) in [4.78, 5) is 37.7. The number of amides is 1. The minimum Gasteiger partial charge on any atom is -0.457 e. The average molecular weight is 395 g/mol. The molecule has 1 aliphatic carbocycles. The van der Waals surface area contributed by atoms with Crippen LogP contribution in [0.5, 0.6) is 0 Å². The van der Waals surface area contributed by atoms with Gasteiger partial charge >= 0.3 is 5.97 Å². The maximum Gasteiger partial charge on any atom is 0.307 e. The van der Waals surface area contributed by atoms with Gasteiger partial charge in [0.25, 0.3) is 0 Å². The highest BCUT2D eigenvalue weighted by atomic mass is 32.2. The molecule has 0 radical (unpaired) electrons. The number of thioether (sulfide) groups is 1. The minimum absolute atomic E-state index is 0.0672. The topological polar surface area (TPSA) is 72.5 Å². The van der Waals surface area contributed by atoms with Gasteiger partial charge in [-0.25, -0.2) is 0 Å². The molecule has 2 aromatic carbocycles. The number of para-hydroxylation sites is 1. The lowest BCUT2D eigenvalue weighted by Crippen LogP contribution is -2.31. The summed E-state index contributed by atoms with van der Waals surface area (Å²) in [5.74, 6) is -0.979. The number of nitrogens with one attached hydrogen (secondary N) is 1. The summed E-state index contributed by atoms with van der Waals surface area (Å²) in [6.07, 6.45) is 4.32. The van der Waals surface area contributed by atoms with Gasteiger partial charge in [-0.2, -0.15) is 0 Å². The zero-order chi connectivity index (χ0) is 19.5. The van der Waals surface area contributed by atoms with Crippen molar-refractivity contribution in [3.63, 3.8) is 0 Å². The van der Waals surface area contributed by atoms with E-state index in [2.05, 4.69) is 5.32 Å². The molecule has 1 heterocycles. The maximum atomic E-state index is 12.4. The Morgan fingerprint density at radius 1 is 1.07 bits per heavy atom. The summed E-state index contributed by atoms with van der Waals surface area (Å²) in [6, 6.07) is 13.2. The fraction of sp³-hybridized carbons (Fsp3) is 0.318. The molecule has 6 heteroatoms. The molecule has 2 aliphatic rings. The van der Waals surface area contributed by atoms with Gasteiger partial charge in [0.2, 0.25) is 5.91 Å². The van der Waals surface area contributed by atoms with Gasteiger partial charge in [-0.15, -0.1) is 11.8 Å². The summed E-state index contributed by atoms with van der Waals surface area (Å²) < 4.78 is 5.16. The fourth-order valence-electron chi connectivity index (χ4n) is 3.57. The molecular weight excluding hydrogens is 374 g/mol. The van der Waals surface area contributed by atoms with Crippen LogP contribution in [0.4, 0.5) is 5.69 Å². The van der Waals surface area contributed by atoms with E-state index in [1.54, 1.807) is 0 Å². The van der Waals surface area contributed by atoms with Crippen LogP contribution >= 0.6 is 11.8 Å². The normalized spacial score (nSPS) is 17.9. The van der Waals surface area contributed by atoms with Gasteiger partial charge in [0.05, 0.1) is 17.4 Å². The number of esters is 1. The lowest BCUT2D eigenvalue weighted by atomic mass is 9.90. The van der Waals surface area contributed by atoms with Crippen LogP contribution in [-0.2, 0) is 27.2 Å². The highest BCUT2D eigenvalue weighted by Crippen LogP contribution is 2.36. The van der Waals surface area contributed by atoms with Crippen LogP contribution in [0.25, 0.3) is 0 Å². The van der Waals surface area contributed by atoms with Crippen molar-refractivity contribution in [3.8, 4) is 0 Å². The summed E-state index contributed by atoms with van der Waals surface area (Å²) in [6.45, 7) is -0.298. The second-order valence-electron chi connectivity index (χ2n) is 7.07. The predicted molar refractivity (Wildman–Crippen MR) is 108 cm³/mol. The Balaban J connectivity index is 1.32. The van der Waals surface area contributed by atoms with Gasteiger partial charge in [-0.1, -0.05) is 24.3 Å². The first kappa shape index (κ1) is 18.7. The molecule has 1 amide bonds. The first-order chi connectivity index (χ1) is 13.6. The number of carbonyl (C=O) groups is 3. The number of rotatable bonds is 5. The summed E-state index contributed by atoms with van der Waals surface area (Å²) in [5.41, 5.74) is 3.86. The van der Waals surface area contributed by atoms with Crippen molar-refractivity contribution < 1.29 is 19.1 Å². The molecule has 144 valence electrons. The predicted octanol–water partition coefficient (Wildman–Crippen LogP) is 3.79. The molecule has 28 heavy (non-hydrogen) atoms. The second kappa shape index (κ2) is 8.19. The third kappa shape index (κ3) is 4.12. The molecule has 0 saturated heterocycles. The number of ether oxygens (including phenoxy) is 1. The SMILES string of the molecule is O=C(C[C@H]1Sc2ccccc2NC1=O)OCC(=O)c1ccc2c(c1)CCCC2. The Kier molecular flexibility index (Phi) is 5.48. The third-order valence-corrected chi connectivity index (χ3v) is 6.37. The molecule has 0 fully saturated rings. The summed E-state index contributed by atoms with van der Waals surface area (Å²) in [5, 5.41) is 2.25. The van der Waals surface area contributed by atoms with Crippen LogP contribution in [0, 0.1) is 0 Å².